The van der Waals surface area contributed by atoms with Gasteiger partial charge in [0, 0.05) is 16.7 Å². The smallest absolute Gasteiger partial charge is 0.258 e. The molecule has 21 heavy (non-hydrogen) atoms. The van der Waals surface area contributed by atoms with E-state index < -0.39 is 10.0 Å². The van der Waals surface area contributed by atoms with E-state index >= 15 is 0 Å². The van der Waals surface area contributed by atoms with Crippen LogP contribution in [-0.2, 0) is 16.6 Å². The van der Waals surface area contributed by atoms with Crippen molar-refractivity contribution in [2.24, 2.45) is 0 Å². The Labute approximate surface area is 132 Å². The van der Waals surface area contributed by atoms with Crippen LogP contribution >= 0.6 is 15.9 Å². The molecule has 0 radical (unpaired) electrons. The van der Waals surface area contributed by atoms with Gasteiger partial charge in [0.05, 0.1) is 6.61 Å². The number of aliphatic hydroxyl groups is 1. The van der Waals surface area contributed by atoms with Gasteiger partial charge in [0.15, 0.2) is 5.03 Å². The minimum absolute atomic E-state index is 0.0680. The first-order valence-corrected chi connectivity index (χ1v) is 8.53. The molecule has 2 rings (SSSR count). The van der Waals surface area contributed by atoms with Gasteiger partial charge in [-0.3, -0.25) is 0 Å². The predicted octanol–water partition coefficient (Wildman–Crippen LogP) is 2.38. The zero-order valence-corrected chi connectivity index (χ0v) is 13.7. The first-order valence-electron chi connectivity index (χ1n) is 6.26. The summed E-state index contributed by atoms with van der Waals surface area (Å²) >= 11 is 3.36. The lowest BCUT2D eigenvalue weighted by Gasteiger charge is -2.14. The lowest BCUT2D eigenvalue weighted by molar-refractivity contribution is 0.281. The second kappa shape index (κ2) is 6.65. The van der Waals surface area contributed by atoms with Gasteiger partial charge in [-0.05, 0) is 36.2 Å². The monoisotopic (exact) mass is 370 g/mol. The van der Waals surface area contributed by atoms with Crippen molar-refractivity contribution >= 4 is 26.0 Å². The minimum atomic E-state index is -3.70. The van der Waals surface area contributed by atoms with Gasteiger partial charge in [-0.2, -0.15) is 0 Å². The number of halogens is 1. The number of hydrogen-bond donors (Lipinski definition) is 2. The number of aromatic nitrogens is 1. The van der Waals surface area contributed by atoms with E-state index in [0.717, 1.165) is 10.0 Å². The number of nitrogens with one attached hydrogen (secondary N) is 1. The SMILES string of the molecule is CC(NS(=O)(=O)c1ccc(CO)cn1)c1cccc(Br)c1. The topological polar surface area (TPSA) is 79.3 Å². The predicted molar refractivity (Wildman–Crippen MR) is 83.0 cm³/mol. The summed E-state index contributed by atoms with van der Waals surface area (Å²) in [6, 6.07) is 9.95. The molecule has 0 aliphatic carbocycles. The molecular weight excluding hydrogens is 356 g/mol. The Morgan fingerprint density at radius 1 is 1.33 bits per heavy atom. The molecule has 0 aliphatic heterocycles. The molecule has 1 atom stereocenters. The standard InChI is InChI=1S/C14H15BrN2O3S/c1-10(12-3-2-4-13(15)7-12)17-21(19,20)14-6-5-11(9-18)8-16-14/h2-8,10,17-18H,9H2,1H3. The molecule has 0 spiro atoms. The highest BCUT2D eigenvalue weighted by Gasteiger charge is 2.19. The maximum absolute atomic E-state index is 12.3. The van der Waals surface area contributed by atoms with E-state index in [1.54, 1.807) is 6.92 Å². The number of aliphatic hydroxyl groups excluding tert-OH is 1. The van der Waals surface area contributed by atoms with Gasteiger partial charge in [0.25, 0.3) is 10.0 Å². The van der Waals surface area contributed by atoms with E-state index in [0.29, 0.717) is 5.56 Å². The summed E-state index contributed by atoms with van der Waals surface area (Å²) in [5, 5.41) is 8.87. The molecule has 112 valence electrons. The average Bonchev–Trinajstić information content (AvgIpc) is 2.47. The summed E-state index contributed by atoms with van der Waals surface area (Å²) in [5.41, 5.74) is 1.41. The molecule has 5 nitrogen and oxygen atoms in total. The number of sulfonamides is 1. The van der Waals surface area contributed by atoms with Crippen molar-refractivity contribution in [3.8, 4) is 0 Å². The fraction of sp³-hybridized carbons (Fsp3) is 0.214. The van der Waals surface area contributed by atoms with Crippen molar-refractivity contribution in [2.45, 2.75) is 24.6 Å². The third-order valence-corrected chi connectivity index (χ3v) is 4.89. The summed E-state index contributed by atoms with van der Waals surface area (Å²) < 4.78 is 28.0. The molecule has 0 amide bonds. The first kappa shape index (κ1) is 16.1. The largest absolute Gasteiger partial charge is 0.392 e. The van der Waals surface area contributed by atoms with Crippen LogP contribution in [0.5, 0.6) is 0 Å². The fourth-order valence-corrected chi connectivity index (χ4v) is 3.38. The maximum atomic E-state index is 12.3. The summed E-state index contributed by atoms with van der Waals surface area (Å²) in [6.45, 7) is 1.59. The van der Waals surface area contributed by atoms with Crippen molar-refractivity contribution in [1.29, 1.82) is 0 Å². The highest BCUT2D eigenvalue weighted by atomic mass is 79.9. The zero-order chi connectivity index (χ0) is 15.5. The van der Waals surface area contributed by atoms with Gasteiger partial charge in [-0.1, -0.05) is 34.1 Å². The maximum Gasteiger partial charge on any atom is 0.258 e. The van der Waals surface area contributed by atoms with E-state index in [-0.39, 0.29) is 17.7 Å². The molecule has 1 aromatic carbocycles. The average molecular weight is 371 g/mol. The second-order valence-corrected chi connectivity index (χ2v) is 7.14. The van der Waals surface area contributed by atoms with E-state index in [1.165, 1.54) is 18.3 Å². The van der Waals surface area contributed by atoms with Crippen molar-refractivity contribution < 1.29 is 13.5 Å². The zero-order valence-electron chi connectivity index (χ0n) is 11.3. The Kier molecular flexibility index (Phi) is 5.10. The lowest BCUT2D eigenvalue weighted by atomic mass is 10.1. The van der Waals surface area contributed by atoms with E-state index in [2.05, 4.69) is 25.6 Å². The summed E-state index contributed by atoms with van der Waals surface area (Å²) in [7, 11) is -3.70. The van der Waals surface area contributed by atoms with Crippen LogP contribution in [0.3, 0.4) is 0 Å². The Morgan fingerprint density at radius 3 is 2.67 bits per heavy atom. The minimum Gasteiger partial charge on any atom is -0.392 e. The van der Waals surface area contributed by atoms with Crippen LogP contribution in [-0.4, -0.2) is 18.5 Å². The molecule has 1 aromatic heterocycles. The summed E-state index contributed by atoms with van der Waals surface area (Å²) in [6.07, 6.45) is 1.35. The van der Waals surface area contributed by atoms with Crippen molar-refractivity contribution in [3.63, 3.8) is 0 Å². The molecule has 0 aliphatic rings. The molecule has 1 heterocycles. The van der Waals surface area contributed by atoms with Crippen LogP contribution in [0.1, 0.15) is 24.1 Å². The van der Waals surface area contributed by atoms with Gasteiger partial charge in [0.2, 0.25) is 0 Å². The molecular formula is C14H15BrN2O3S. The van der Waals surface area contributed by atoms with Gasteiger partial charge < -0.3 is 5.11 Å². The van der Waals surface area contributed by atoms with Gasteiger partial charge in [-0.15, -0.1) is 0 Å². The Morgan fingerprint density at radius 2 is 2.10 bits per heavy atom. The Bertz CT molecular complexity index is 717. The fourth-order valence-electron chi connectivity index (χ4n) is 1.80. The third-order valence-electron chi connectivity index (χ3n) is 2.94. The number of nitrogens with zero attached hydrogens (tertiary/aromatic N) is 1. The van der Waals surface area contributed by atoms with Crippen LogP contribution in [0.4, 0.5) is 0 Å². The van der Waals surface area contributed by atoms with Crippen LogP contribution < -0.4 is 4.72 Å². The second-order valence-electron chi connectivity index (χ2n) is 4.56. The number of hydrogen-bond acceptors (Lipinski definition) is 4. The Balaban J connectivity index is 2.20. The molecule has 0 bridgehead atoms. The van der Waals surface area contributed by atoms with Crippen molar-refractivity contribution in [3.05, 3.63) is 58.2 Å². The highest BCUT2D eigenvalue weighted by molar-refractivity contribution is 9.10. The first-order chi connectivity index (χ1) is 9.92. The summed E-state index contributed by atoms with van der Waals surface area (Å²) in [5.74, 6) is 0. The van der Waals surface area contributed by atoms with E-state index in [1.807, 2.05) is 24.3 Å². The molecule has 2 aromatic rings. The summed E-state index contributed by atoms with van der Waals surface area (Å²) in [4.78, 5) is 3.87. The van der Waals surface area contributed by atoms with Gasteiger partial charge in [0.1, 0.15) is 0 Å². The van der Waals surface area contributed by atoms with Gasteiger partial charge in [-0.25, -0.2) is 18.1 Å². The Hall–Kier alpha value is -1.28. The van der Waals surface area contributed by atoms with Crippen molar-refractivity contribution in [2.75, 3.05) is 0 Å². The molecule has 7 heteroatoms. The quantitative estimate of drug-likeness (QED) is 0.846. The molecule has 0 fully saturated rings. The van der Waals surface area contributed by atoms with Crippen molar-refractivity contribution in [1.82, 2.24) is 9.71 Å². The van der Waals surface area contributed by atoms with E-state index in [9.17, 15) is 8.42 Å². The molecule has 0 saturated heterocycles. The van der Waals surface area contributed by atoms with Crippen LogP contribution in [0, 0.1) is 0 Å². The lowest BCUT2D eigenvalue weighted by Crippen LogP contribution is -2.27. The highest BCUT2D eigenvalue weighted by Crippen LogP contribution is 2.19. The van der Waals surface area contributed by atoms with Crippen LogP contribution in [0.25, 0.3) is 0 Å². The van der Waals surface area contributed by atoms with Crippen LogP contribution in [0.2, 0.25) is 0 Å². The third kappa shape index (κ3) is 4.10. The number of pyridine rings is 1. The normalized spacial score (nSPS) is 13.1. The van der Waals surface area contributed by atoms with Crippen LogP contribution in [0.15, 0.2) is 52.1 Å². The van der Waals surface area contributed by atoms with Gasteiger partial charge >= 0.3 is 0 Å². The molecule has 2 N–H and O–H groups in total. The van der Waals surface area contributed by atoms with E-state index in [4.69, 9.17) is 5.11 Å². The molecule has 1 unspecified atom stereocenters. The molecule has 0 saturated carbocycles. The number of rotatable bonds is 5. The number of benzene rings is 1.